The van der Waals surface area contributed by atoms with Gasteiger partial charge in [-0.1, -0.05) is 0 Å². The maximum Gasteiger partial charge on any atom is 0.186 e. The molecule has 5 atom stereocenters. The highest BCUT2D eigenvalue weighted by molar-refractivity contribution is 8.17. The van der Waals surface area contributed by atoms with Gasteiger partial charge in [-0.2, -0.15) is 0 Å². The molecule has 0 aromatic heterocycles. The highest BCUT2D eigenvalue weighted by Crippen LogP contribution is 2.42. The number of fused-ring (bicyclic) bond motifs is 1. The molecule has 5 nitrogen and oxygen atoms in total. The number of hydrogen-bond donors (Lipinski definition) is 1. The maximum atomic E-state index is 10.6. The first-order valence-corrected chi connectivity index (χ1v) is 9.55. The molecular weight excluding hydrogens is 312 g/mol. The molecule has 3 saturated heterocycles. The van der Waals surface area contributed by atoms with E-state index in [1.807, 2.05) is 37.4 Å². The molecule has 3 aliphatic heterocycles. The normalized spacial score (nSPS) is 41.1. The van der Waals surface area contributed by atoms with Crippen LogP contribution in [-0.2, 0) is 18.9 Å². The Morgan fingerprint density at radius 3 is 2.57 bits per heavy atom. The third kappa shape index (κ3) is 3.54. The molecule has 3 aliphatic rings. The maximum absolute atomic E-state index is 10.6. The third-order valence-electron chi connectivity index (χ3n) is 3.99. The Balaban J connectivity index is 1.63. The topological polar surface area (TPSA) is 57.2 Å². The predicted octanol–water partition coefficient (Wildman–Crippen LogP) is 1.82. The van der Waals surface area contributed by atoms with Gasteiger partial charge in [0.1, 0.15) is 18.3 Å². The van der Waals surface area contributed by atoms with Crippen LogP contribution in [0.25, 0.3) is 0 Å². The fourth-order valence-electron chi connectivity index (χ4n) is 3.09. The Morgan fingerprint density at radius 2 is 1.90 bits per heavy atom. The molecule has 0 bridgehead atoms. The van der Waals surface area contributed by atoms with Crippen molar-refractivity contribution in [3.05, 3.63) is 0 Å². The Bertz CT molecular complexity index is 361. The smallest absolute Gasteiger partial charge is 0.186 e. The minimum absolute atomic E-state index is 0.265. The molecule has 0 unspecified atom stereocenters. The van der Waals surface area contributed by atoms with E-state index in [2.05, 4.69) is 0 Å². The summed E-state index contributed by atoms with van der Waals surface area (Å²) >= 11 is 3.85. The Morgan fingerprint density at radius 1 is 1.24 bits per heavy atom. The van der Waals surface area contributed by atoms with Crippen LogP contribution < -0.4 is 0 Å². The standard InChI is InChI=1S/C14H24O5S2/c1-14(2)18-11-10(17-13(16-3)12(11)19-14)8(15)7-9-20-5-4-6-21-9/h8-13,15H,4-7H2,1-3H3/t8-,10-,11+,12+,13+/m1/s1. The van der Waals surface area contributed by atoms with Crippen LogP contribution >= 0.6 is 23.5 Å². The SMILES string of the molecule is CO[C@H]1O[C@H]([C@H](O)CC2SCCCS2)[C@@H]2OC(C)(C)O[C@H]12. The summed E-state index contributed by atoms with van der Waals surface area (Å²) in [6.07, 6.45) is 0.0217. The van der Waals surface area contributed by atoms with E-state index in [0.29, 0.717) is 11.0 Å². The first kappa shape index (κ1) is 16.4. The number of methoxy groups -OCH3 is 1. The van der Waals surface area contributed by atoms with Gasteiger partial charge in [0.2, 0.25) is 0 Å². The minimum Gasteiger partial charge on any atom is -0.390 e. The molecule has 0 spiro atoms. The zero-order valence-corrected chi connectivity index (χ0v) is 14.3. The summed E-state index contributed by atoms with van der Waals surface area (Å²) in [5.41, 5.74) is 0. The summed E-state index contributed by atoms with van der Waals surface area (Å²) in [5.74, 6) is 1.70. The zero-order chi connectivity index (χ0) is 15.0. The van der Waals surface area contributed by atoms with Gasteiger partial charge in [-0.25, -0.2) is 0 Å². The Hall–Kier alpha value is 0.500. The van der Waals surface area contributed by atoms with Crippen LogP contribution in [0.5, 0.6) is 0 Å². The molecular formula is C14H24O5S2. The second kappa shape index (κ2) is 6.55. The van der Waals surface area contributed by atoms with Gasteiger partial charge in [0.15, 0.2) is 12.1 Å². The minimum atomic E-state index is -0.651. The lowest BCUT2D eigenvalue weighted by Crippen LogP contribution is -2.39. The second-order valence-corrected chi connectivity index (χ2v) is 9.02. The first-order chi connectivity index (χ1) is 10.00. The molecule has 0 aromatic rings. The van der Waals surface area contributed by atoms with Crippen molar-refractivity contribution < 1.29 is 24.1 Å². The molecule has 0 amide bonds. The van der Waals surface area contributed by atoms with Crippen molar-refractivity contribution in [3.8, 4) is 0 Å². The molecule has 0 aliphatic carbocycles. The molecule has 3 heterocycles. The van der Waals surface area contributed by atoms with Gasteiger partial charge in [-0.3, -0.25) is 0 Å². The van der Waals surface area contributed by atoms with Crippen molar-refractivity contribution in [1.82, 2.24) is 0 Å². The van der Waals surface area contributed by atoms with Crippen molar-refractivity contribution in [2.45, 2.75) is 67.8 Å². The number of aliphatic hydroxyl groups excluding tert-OH is 1. The average molecular weight is 336 g/mol. The van der Waals surface area contributed by atoms with E-state index < -0.39 is 18.2 Å². The van der Waals surface area contributed by atoms with Crippen LogP contribution in [0.4, 0.5) is 0 Å². The summed E-state index contributed by atoms with van der Waals surface area (Å²) < 4.78 is 23.4. The number of ether oxygens (including phenoxy) is 4. The quantitative estimate of drug-likeness (QED) is 0.840. The largest absolute Gasteiger partial charge is 0.390 e. The summed E-state index contributed by atoms with van der Waals surface area (Å²) in [6, 6.07) is 0. The third-order valence-corrected chi connectivity index (χ3v) is 6.98. The van der Waals surface area contributed by atoms with Crippen LogP contribution in [0.3, 0.4) is 0 Å². The zero-order valence-electron chi connectivity index (χ0n) is 12.7. The highest BCUT2D eigenvalue weighted by Gasteiger charge is 2.57. The van der Waals surface area contributed by atoms with Gasteiger partial charge in [0.25, 0.3) is 0 Å². The van der Waals surface area contributed by atoms with Crippen molar-refractivity contribution in [3.63, 3.8) is 0 Å². The summed E-state index contributed by atoms with van der Waals surface area (Å²) in [5, 5.41) is 10.6. The van der Waals surface area contributed by atoms with Crippen LogP contribution in [0.1, 0.15) is 26.7 Å². The monoisotopic (exact) mass is 336 g/mol. The highest BCUT2D eigenvalue weighted by atomic mass is 32.2. The van der Waals surface area contributed by atoms with Gasteiger partial charge >= 0.3 is 0 Å². The van der Waals surface area contributed by atoms with Crippen LogP contribution in [0, 0.1) is 0 Å². The van der Waals surface area contributed by atoms with E-state index in [4.69, 9.17) is 18.9 Å². The van der Waals surface area contributed by atoms with Crippen molar-refractivity contribution in [2.75, 3.05) is 18.6 Å². The van der Waals surface area contributed by atoms with E-state index in [1.54, 1.807) is 7.11 Å². The lowest BCUT2D eigenvalue weighted by molar-refractivity contribution is -0.236. The molecule has 1 N–H and O–H groups in total. The van der Waals surface area contributed by atoms with Gasteiger partial charge < -0.3 is 24.1 Å². The van der Waals surface area contributed by atoms with E-state index in [-0.39, 0.29) is 18.3 Å². The molecule has 3 fully saturated rings. The predicted molar refractivity (Wildman–Crippen MR) is 83.4 cm³/mol. The number of aliphatic hydroxyl groups is 1. The number of thioether (sulfide) groups is 2. The van der Waals surface area contributed by atoms with E-state index >= 15 is 0 Å². The number of hydrogen-bond acceptors (Lipinski definition) is 7. The van der Waals surface area contributed by atoms with Crippen molar-refractivity contribution in [2.24, 2.45) is 0 Å². The lowest BCUT2D eigenvalue weighted by atomic mass is 10.0. The van der Waals surface area contributed by atoms with Crippen LogP contribution in [-0.4, -0.2) is 64.8 Å². The molecule has 7 heteroatoms. The Kier molecular flexibility index (Phi) is 5.10. The van der Waals surface area contributed by atoms with Gasteiger partial charge in [0, 0.05) is 7.11 Å². The van der Waals surface area contributed by atoms with Crippen LogP contribution in [0.2, 0.25) is 0 Å². The molecule has 0 saturated carbocycles. The van der Waals surface area contributed by atoms with Gasteiger partial charge in [-0.15, -0.1) is 23.5 Å². The van der Waals surface area contributed by atoms with E-state index in [1.165, 1.54) is 17.9 Å². The fourth-order valence-corrected chi connectivity index (χ4v) is 6.05. The van der Waals surface area contributed by atoms with Crippen molar-refractivity contribution >= 4 is 23.5 Å². The summed E-state index contributed by atoms with van der Waals surface area (Å²) in [7, 11) is 1.60. The molecule has 21 heavy (non-hydrogen) atoms. The first-order valence-electron chi connectivity index (χ1n) is 7.45. The molecule has 0 aromatic carbocycles. The van der Waals surface area contributed by atoms with Gasteiger partial charge in [-0.05, 0) is 38.2 Å². The lowest BCUT2D eigenvalue weighted by Gasteiger charge is -2.29. The molecule has 3 rings (SSSR count). The average Bonchev–Trinajstić information content (AvgIpc) is 2.92. The van der Waals surface area contributed by atoms with Crippen molar-refractivity contribution in [1.29, 1.82) is 0 Å². The molecule has 0 radical (unpaired) electrons. The van der Waals surface area contributed by atoms with E-state index in [0.717, 1.165) is 0 Å². The van der Waals surface area contributed by atoms with Crippen LogP contribution in [0.15, 0.2) is 0 Å². The second-order valence-electron chi connectivity index (χ2n) is 6.10. The molecule has 122 valence electrons. The Labute approximate surface area is 134 Å². The summed E-state index contributed by atoms with van der Waals surface area (Å²) in [6.45, 7) is 3.77. The summed E-state index contributed by atoms with van der Waals surface area (Å²) in [4.78, 5) is 0. The van der Waals surface area contributed by atoms with E-state index in [9.17, 15) is 5.11 Å². The number of rotatable bonds is 4. The van der Waals surface area contributed by atoms with Gasteiger partial charge in [0.05, 0.1) is 10.7 Å². The fraction of sp³-hybridized carbons (Fsp3) is 1.00.